The minimum atomic E-state index is -3.03. The number of nitrogens with one attached hydrogen (secondary N) is 1. The predicted molar refractivity (Wildman–Crippen MR) is 77.3 cm³/mol. The van der Waals surface area contributed by atoms with Gasteiger partial charge in [-0.25, -0.2) is 8.42 Å². The molecule has 1 heterocycles. The Labute approximate surface area is 123 Å². The monoisotopic (exact) mass is 317 g/mol. The molecule has 0 bridgehead atoms. The lowest BCUT2D eigenvalue weighted by atomic mass is 10.1. The molecule has 0 saturated carbocycles. The maximum absolute atomic E-state index is 12.3. The maximum atomic E-state index is 12.3. The lowest BCUT2D eigenvalue weighted by Gasteiger charge is -2.15. The number of carbonyl (C=O) groups excluding carboxylic acids is 1. The number of hydrogen-bond acceptors (Lipinski definition) is 4. The van der Waals surface area contributed by atoms with E-state index in [9.17, 15) is 13.2 Å². The van der Waals surface area contributed by atoms with Crippen LogP contribution in [-0.2, 0) is 9.84 Å². The molecule has 1 saturated heterocycles. The van der Waals surface area contributed by atoms with Crippen LogP contribution < -0.4 is 10.1 Å². The second kappa shape index (κ2) is 5.61. The fraction of sp³-hybridized carbons (Fsp3) is 0.462. The molecular weight excluding hydrogens is 302 g/mol. The summed E-state index contributed by atoms with van der Waals surface area (Å²) >= 11 is 5.95. The number of carbonyl (C=O) groups is 1. The van der Waals surface area contributed by atoms with E-state index in [4.69, 9.17) is 16.3 Å². The third kappa shape index (κ3) is 3.24. The predicted octanol–water partition coefficient (Wildman–Crippen LogP) is 1.57. The second-order valence-electron chi connectivity index (χ2n) is 4.88. The van der Waals surface area contributed by atoms with Crippen LogP contribution in [0.4, 0.5) is 0 Å². The quantitative estimate of drug-likeness (QED) is 0.918. The molecule has 1 N–H and O–H groups in total. The zero-order chi connectivity index (χ0) is 14.9. The molecule has 20 heavy (non-hydrogen) atoms. The first-order valence-electron chi connectivity index (χ1n) is 6.18. The fourth-order valence-corrected chi connectivity index (χ4v) is 4.29. The van der Waals surface area contributed by atoms with Crippen LogP contribution in [0.1, 0.15) is 22.3 Å². The molecule has 1 unspecified atom stereocenters. The standard InChI is InChI=1S/C13H16ClNO4S/c1-8-5-9(14)6-11(12(8)19-2)13(16)15-10-3-4-20(17,18)7-10/h5-6,10H,3-4,7H2,1-2H3,(H,15,16). The molecule has 1 aromatic carbocycles. The number of sulfone groups is 1. The maximum Gasteiger partial charge on any atom is 0.255 e. The van der Waals surface area contributed by atoms with E-state index in [1.54, 1.807) is 13.0 Å². The average molecular weight is 318 g/mol. The van der Waals surface area contributed by atoms with Gasteiger partial charge in [-0.3, -0.25) is 4.79 Å². The Balaban J connectivity index is 2.22. The summed E-state index contributed by atoms with van der Waals surface area (Å²) in [5.74, 6) is 0.187. The third-order valence-corrected chi connectivity index (χ3v) is 5.24. The van der Waals surface area contributed by atoms with Gasteiger partial charge >= 0.3 is 0 Å². The van der Waals surface area contributed by atoms with Crippen LogP contribution in [0.25, 0.3) is 0 Å². The van der Waals surface area contributed by atoms with Gasteiger partial charge in [0.1, 0.15) is 5.75 Å². The van der Waals surface area contributed by atoms with Crippen LogP contribution in [0.3, 0.4) is 0 Å². The normalized spacial score (nSPS) is 20.6. The van der Waals surface area contributed by atoms with Crippen LogP contribution in [0.5, 0.6) is 5.75 Å². The molecule has 1 aliphatic heterocycles. The van der Waals surface area contributed by atoms with Crippen molar-refractivity contribution in [2.24, 2.45) is 0 Å². The van der Waals surface area contributed by atoms with E-state index < -0.39 is 9.84 Å². The summed E-state index contributed by atoms with van der Waals surface area (Å²) in [5.41, 5.74) is 1.07. The van der Waals surface area contributed by atoms with Gasteiger partial charge in [0.05, 0.1) is 24.2 Å². The molecule has 0 spiro atoms. The van der Waals surface area contributed by atoms with Crippen molar-refractivity contribution < 1.29 is 17.9 Å². The van der Waals surface area contributed by atoms with Gasteiger partial charge in [-0.15, -0.1) is 0 Å². The summed E-state index contributed by atoms with van der Waals surface area (Å²) in [6.45, 7) is 1.79. The minimum Gasteiger partial charge on any atom is -0.496 e. The van der Waals surface area contributed by atoms with E-state index in [-0.39, 0.29) is 23.5 Å². The summed E-state index contributed by atoms with van der Waals surface area (Å²) in [5, 5.41) is 3.16. The van der Waals surface area contributed by atoms with Gasteiger partial charge in [0, 0.05) is 11.1 Å². The molecule has 1 aliphatic rings. The van der Waals surface area contributed by atoms with Crippen molar-refractivity contribution in [1.82, 2.24) is 5.32 Å². The van der Waals surface area contributed by atoms with Crippen molar-refractivity contribution in [3.05, 3.63) is 28.3 Å². The van der Waals surface area contributed by atoms with E-state index in [0.29, 0.717) is 22.8 Å². The lowest BCUT2D eigenvalue weighted by molar-refractivity contribution is 0.0938. The van der Waals surface area contributed by atoms with E-state index >= 15 is 0 Å². The average Bonchev–Trinajstić information content (AvgIpc) is 2.67. The van der Waals surface area contributed by atoms with Gasteiger partial charge in [0.25, 0.3) is 5.91 Å². The number of amides is 1. The summed E-state index contributed by atoms with van der Waals surface area (Å²) in [6.07, 6.45) is 0.440. The van der Waals surface area contributed by atoms with E-state index in [2.05, 4.69) is 5.32 Å². The fourth-order valence-electron chi connectivity index (χ4n) is 2.34. The Kier molecular flexibility index (Phi) is 4.25. The van der Waals surface area contributed by atoms with Gasteiger partial charge in [0.2, 0.25) is 0 Å². The largest absolute Gasteiger partial charge is 0.496 e. The summed E-state index contributed by atoms with van der Waals surface area (Å²) in [7, 11) is -1.55. The van der Waals surface area contributed by atoms with E-state index in [1.807, 2.05) is 0 Å². The van der Waals surface area contributed by atoms with Crippen LogP contribution in [0.15, 0.2) is 12.1 Å². The van der Waals surface area contributed by atoms with Crippen molar-refractivity contribution >= 4 is 27.3 Å². The molecule has 110 valence electrons. The number of methoxy groups -OCH3 is 1. The van der Waals surface area contributed by atoms with Gasteiger partial charge in [-0.2, -0.15) is 0 Å². The third-order valence-electron chi connectivity index (χ3n) is 3.26. The Morgan fingerprint density at radius 2 is 2.15 bits per heavy atom. The van der Waals surface area contributed by atoms with Crippen molar-refractivity contribution in [1.29, 1.82) is 0 Å². The van der Waals surface area contributed by atoms with E-state index in [1.165, 1.54) is 13.2 Å². The Morgan fingerprint density at radius 3 is 2.70 bits per heavy atom. The second-order valence-corrected chi connectivity index (χ2v) is 7.54. The van der Waals surface area contributed by atoms with Crippen molar-refractivity contribution in [2.45, 2.75) is 19.4 Å². The molecule has 1 aromatic rings. The highest BCUT2D eigenvalue weighted by Crippen LogP contribution is 2.27. The number of aryl methyl sites for hydroxylation is 1. The molecular formula is C13H16ClNO4S. The number of halogens is 1. The van der Waals surface area contributed by atoms with Gasteiger partial charge in [-0.05, 0) is 31.0 Å². The van der Waals surface area contributed by atoms with Crippen LogP contribution in [-0.4, -0.2) is 39.0 Å². The number of hydrogen-bond donors (Lipinski definition) is 1. The molecule has 5 nitrogen and oxygen atoms in total. The highest BCUT2D eigenvalue weighted by atomic mass is 35.5. The highest BCUT2D eigenvalue weighted by molar-refractivity contribution is 7.91. The SMILES string of the molecule is COc1c(C)cc(Cl)cc1C(=O)NC1CCS(=O)(=O)C1. The Bertz CT molecular complexity index is 642. The zero-order valence-electron chi connectivity index (χ0n) is 11.3. The summed E-state index contributed by atoms with van der Waals surface area (Å²) in [4.78, 5) is 12.3. The summed E-state index contributed by atoms with van der Waals surface area (Å²) < 4.78 is 28.0. The number of rotatable bonds is 3. The lowest BCUT2D eigenvalue weighted by Crippen LogP contribution is -2.35. The molecule has 0 aliphatic carbocycles. The smallest absolute Gasteiger partial charge is 0.255 e. The van der Waals surface area contributed by atoms with E-state index in [0.717, 1.165) is 5.56 Å². The molecule has 2 rings (SSSR count). The van der Waals surface area contributed by atoms with Crippen LogP contribution in [0, 0.1) is 6.92 Å². The van der Waals surface area contributed by atoms with Gasteiger partial charge < -0.3 is 10.1 Å². The molecule has 0 aromatic heterocycles. The molecule has 1 amide bonds. The topological polar surface area (TPSA) is 72.5 Å². The number of benzene rings is 1. The molecule has 1 atom stereocenters. The first-order chi connectivity index (χ1) is 9.32. The van der Waals surface area contributed by atoms with Gasteiger partial charge in [-0.1, -0.05) is 11.6 Å². The molecule has 0 radical (unpaired) electrons. The van der Waals surface area contributed by atoms with Crippen LogP contribution >= 0.6 is 11.6 Å². The minimum absolute atomic E-state index is 0.0133. The van der Waals surface area contributed by atoms with Crippen LogP contribution in [0.2, 0.25) is 5.02 Å². The molecule has 1 fully saturated rings. The zero-order valence-corrected chi connectivity index (χ0v) is 12.8. The Morgan fingerprint density at radius 1 is 1.45 bits per heavy atom. The highest BCUT2D eigenvalue weighted by Gasteiger charge is 2.30. The number of ether oxygens (including phenoxy) is 1. The molecule has 7 heteroatoms. The Hall–Kier alpha value is -1.27. The van der Waals surface area contributed by atoms with Gasteiger partial charge in [0.15, 0.2) is 9.84 Å². The van der Waals surface area contributed by atoms with Crippen molar-refractivity contribution in [3.63, 3.8) is 0 Å². The van der Waals surface area contributed by atoms with Crippen molar-refractivity contribution in [2.75, 3.05) is 18.6 Å². The van der Waals surface area contributed by atoms with Crippen molar-refractivity contribution in [3.8, 4) is 5.75 Å². The first-order valence-corrected chi connectivity index (χ1v) is 8.38. The first kappa shape index (κ1) is 15.1. The summed E-state index contributed by atoms with van der Waals surface area (Å²) in [6, 6.07) is 2.88.